The number of nitrogens with zero attached hydrogens (tertiary/aromatic N) is 2. The van der Waals surface area contributed by atoms with Crippen molar-refractivity contribution < 1.29 is 9.90 Å². The molecule has 0 saturated heterocycles. The molecule has 0 amide bonds. The van der Waals surface area contributed by atoms with Crippen molar-refractivity contribution in [2.24, 2.45) is 5.41 Å². The molecule has 34 heavy (non-hydrogen) atoms. The smallest absolute Gasteiger partial charge is 0.217 e. The molecule has 1 aliphatic rings. The van der Waals surface area contributed by atoms with Gasteiger partial charge >= 0.3 is 0 Å². The first-order chi connectivity index (χ1) is 16.2. The Labute approximate surface area is 207 Å². The molecule has 1 N–H and O–H groups in total. The van der Waals surface area contributed by atoms with Gasteiger partial charge in [0.25, 0.3) is 0 Å². The molecule has 178 valence electrons. The van der Waals surface area contributed by atoms with Gasteiger partial charge in [0, 0.05) is 17.3 Å². The lowest BCUT2D eigenvalue weighted by Crippen LogP contribution is -2.25. The molecule has 5 heteroatoms. The van der Waals surface area contributed by atoms with Crippen LogP contribution in [0, 0.1) is 5.41 Å². The lowest BCUT2D eigenvalue weighted by molar-refractivity contribution is -0.107. The molecule has 0 saturated carbocycles. The number of benzene rings is 1. The topological polar surface area (TPSA) is 55.1 Å². The summed E-state index contributed by atoms with van der Waals surface area (Å²) in [4.78, 5) is 17.3. The van der Waals surface area contributed by atoms with E-state index in [0.29, 0.717) is 6.04 Å². The van der Waals surface area contributed by atoms with E-state index >= 15 is 0 Å². The van der Waals surface area contributed by atoms with E-state index in [0.717, 1.165) is 40.6 Å². The zero-order chi connectivity index (χ0) is 24.7. The minimum Gasteiger partial charge on any atom is -0.508 e. The summed E-state index contributed by atoms with van der Waals surface area (Å²) in [6.07, 6.45) is 20.1. The molecule has 0 bridgehead atoms. The quantitative estimate of drug-likeness (QED) is 0.255. The van der Waals surface area contributed by atoms with Crippen LogP contribution in [0.5, 0.6) is 5.75 Å². The van der Waals surface area contributed by atoms with Crippen LogP contribution in [-0.2, 0) is 4.79 Å². The van der Waals surface area contributed by atoms with Crippen molar-refractivity contribution in [2.45, 2.75) is 58.4 Å². The van der Waals surface area contributed by atoms with E-state index in [-0.39, 0.29) is 16.3 Å². The maximum atomic E-state index is 12.2. The zero-order valence-corrected chi connectivity index (χ0v) is 21.5. The van der Waals surface area contributed by atoms with E-state index in [2.05, 4.69) is 55.5 Å². The standard InChI is InChI=1S/C29H34N2O2S/c1-21(7-6-8-22(2)19-28(33)34-25-12-10-24(32)11-13-25)9-14-26-23(3)27(15-16-29(26,4)5)31-18-17-30-20-31/h6-14,17-20,27,32H,15-16H2,1-5H3/b8-6+,14-9+,21-7+,22-19-. The summed E-state index contributed by atoms with van der Waals surface area (Å²) in [7, 11) is 0. The predicted octanol–water partition coefficient (Wildman–Crippen LogP) is 7.59. The number of aromatic nitrogens is 2. The van der Waals surface area contributed by atoms with Crippen molar-refractivity contribution in [3.05, 3.63) is 102 Å². The van der Waals surface area contributed by atoms with Crippen molar-refractivity contribution in [3.8, 4) is 5.75 Å². The fourth-order valence-corrected chi connectivity index (χ4v) is 5.01. The number of imidazole rings is 1. The fourth-order valence-electron chi connectivity index (χ4n) is 4.26. The summed E-state index contributed by atoms with van der Waals surface area (Å²) in [5.41, 5.74) is 4.97. The Hall–Kier alpha value is -3.05. The van der Waals surface area contributed by atoms with Gasteiger partial charge in [-0.3, -0.25) is 4.79 Å². The van der Waals surface area contributed by atoms with E-state index in [1.807, 2.05) is 37.8 Å². The van der Waals surface area contributed by atoms with E-state index in [9.17, 15) is 9.90 Å². The molecule has 2 aromatic rings. The molecule has 0 spiro atoms. The normalized spacial score (nSPS) is 19.4. The van der Waals surface area contributed by atoms with Gasteiger partial charge in [-0.25, -0.2) is 4.98 Å². The first-order valence-corrected chi connectivity index (χ1v) is 12.4. The third kappa shape index (κ3) is 6.97. The van der Waals surface area contributed by atoms with Crippen LogP contribution in [0.15, 0.2) is 107 Å². The van der Waals surface area contributed by atoms with Crippen molar-refractivity contribution in [3.63, 3.8) is 0 Å². The molecule has 4 nitrogen and oxygen atoms in total. The number of rotatable bonds is 7. The molecular formula is C29H34N2O2S. The number of hydrogen-bond acceptors (Lipinski definition) is 4. The highest BCUT2D eigenvalue weighted by Crippen LogP contribution is 2.45. The number of phenolic OH excluding ortho intramolecular Hbond substituents is 1. The van der Waals surface area contributed by atoms with Crippen LogP contribution in [0.4, 0.5) is 0 Å². The molecule has 1 atom stereocenters. The summed E-state index contributed by atoms with van der Waals surface area (Å²) >= 11 is 1.15. The molecule has 1 unspecified atom stereocenters. The van der Waals surface area contributed by atoms with Gasteiger partial charge < -0.3 is 9.67 Å². The van der Waals surface area contributed by atoms with Gasteiger partial charge in [0.05, 0.1) is 12.4 Å². The number of allylic oxidation sites excluding steroid dienone is 9. The molecule has 1 aromatic heterocycles. The van der Waals surface area contributed by atoms with Crippen LogP contribution >= 0.6 is 11.8 Å². The second-order valence-corrected chi connectivity index (χ2v) is 10.5. The van der Waals surface area contributed by atoms with E-state index in [1.165, 1.54) is 11.1 Å². The molecule has 3 rings (SSSR count). The summed E-state index contributed by atoms with van der Waals surface area (Å²) in [6, 6.07) is 6.99. The number of phenols is 1. The molecule has 1 heterocycles. The monoisotopic (exact) mass is 474 g/mol. The number of thioether (sulfide) groups is 1. The maximum absolute atomic E-state index is 12.2. The number of carbonyl (C=O) groups is 1. The molecule has 1 aliphatic carbocycles. The molecule has 0 fully saturated rings. The summed E-state index contributed by atoms with van der Waals surface area (Å²) in [5.74, 6) is 0.194. The Morgan fingerprint density at radius 3 is 2.59 bits per heavy atom. The SMILES string of the molecule is CC1=C(/C=C/C(C)=C/C=C/C(C)=C\C(=O)Sc2ccc(O)cc2)C(C)(C)CCC1n1ccnc1. The van der Waals surface area contributed by atoms with Crippen molar-refractivity contribution in [2.75, 3.05) is 0 Å². The predicted molar refractivity (Wildman–Crippen MR) is 142 cm³/mol. The fraction of sp³-hybridized carbons (Fsp3) is 0.310. The molecule has 1 aromatic carbocycles. The molecule has 0 aliphatic heterocycles. The Bertz CT molecular complexity index is 1150. The van der Waals surface area contributed by atoms with Gasteiger partial charge in [-0.15, -0.1) is 0 Å². The minimum atomic E-state index is -0.0391. The second kappa shape index (κ2) is 11.4. The van der Waals surface area contributed by atoms with E-state index < -0.39 is 0 Å². The number of hydrogen-bond donors (Lipinski definition) is 1. The Kier molecular flexibility index (Phi) is 8.56. The van der Waals surface area contributed by atoms with Crippen molar-refractivity contribution >= 4 is 16.9 Å². The van der Waals surface area contributed by atoms with Gasteiger partial charge in [0.2, 0.25) is 5.12 Å². The van der Waals surface area contributed by atoms with Crippen LogP contribution in [0.1, 0.15) is 53.5 Å². The highest BCUT2D eigenvalue weighted by Gasteiger charge is 2.32. The van der Waals surface area contributed by atoms with E-state index in [4.69, 9.17) is 0 Å². The largest absolute Gasteiger partial charge is 0.508 e. The van der Waals surface area contributed by atoms with Crippen LogP contribution in [-0.4, -0.2) is 19.8 Å². The van der Waals surface area contributed by atoms with Gasteiger partial charge in [-0.1, -0.05) is 49.8 Å². The summed E-state index contributed by atoms with van der Waals surface area (Å²) in [6.45, 7) is 10.9. The third-order valence-corrected chi connectivity index (χ3v) is 7.04. The minimum absolute atomic E-state index is 0.0391. The first-order valence-electron chi connectivity index (χ1n) is 11.6. The first kappa shape index (κ1) is 25.6. The third-order valence-electron chi connectivity index (χ3n) is 6.21. The molecular weight excluding hydrogens is 440 g/mol. The lowest BCUT2D eigenvalue weighted by Gasteiger charge is -2.37. The summed E-state index contributed by atoms with van der Waals surface area (Å²) < 4.78 is 2.21. The Balaban J connectivity index is 1.65. The summed E-state index contributed by atoms with van der Waals surface area (Å²) in [5, 5.41) is 9.31. The maximum Gasteiger partial charge on any atom is 0.217 e. The van der Waals surface area contributed by atoms with Crippen molar-refractivity contribution in [1.82, 2.24) is 9.55 Å². The van der Waals surface area contributed by atoms with Crippen LogP contribution in [0.25, 0.3) is 0 Å². The van der Waals surface area contributed by atoms with Crippen molar-refractivity contribution in [1.29, 1.82) is 0 Å². The van der Waals surface area contributed by atoms with Gasteiger partial charge in [0.1, 0.15) is 5.75 Å². The van der Waals surface area contributed by atoms with Gasteiger partial charge in [-0.05, 0) is 97.9 Å². The van der Waals surface area contributed by atoms with Crippen LogP contribution in [0.2, 0.25) is 0 Å². The highest BCUT2D eigenvalue weighted by molar-refractivity contribution is 8.14. The van der Waals surface area contributed by atoms with E-state index in [1.54, 1.807) is 30.3 Å². The average molecular weight is 475 g/mol. The number of aromatic hydroxyl groups is 1. The second-order valence-electron chi connectivity index (χ2n) is 9.45. The van der Waals surface area contributed by atoms with Gasteiger partial charge in [0.15, 0.2) is 0 Å². The van der Waals surface area contributed by atoms with Crippen LogP contribution in [0.3, 0.4) is 0 Å². The van der Waals surface area contributed by atoms with Gasteiger partial charge in [-0.2, -0.15) is 0 Å². The Morgan fingerprint density at radius 1 is 1.18 bits per heavy atom. The van der Waals surface area contributed by atoms with Crippen LogP contribution < -0.4 is 0 Å². The lowest BCUT2D eigenvalue weighted by atomic mass is 9.71. The zero-order valence-electron chi connectivity index (χ0n) is 20.7. The molecule has 0 radical (unpaired) electrons. The number of carbonyl (C=O) groups excluding carboxylic acids is 1. The Morgan fingerprint density at radius 2 is 1.91 bits per heavy atom. The average Bonchev–Trinajstić information content (AvgIpc) is 3.29. The highest BCUT2D eigenvalue weighted by atomic mass is 32.2.